The van der Waals surface area contributed by atoms with Crippen LogP contribution in [0, 0.1) is 0 Å². The number of rotatable bonds is 5. The Hall–Kier alpha value is -2.40. The van der Waals surface area contributed by atoms with Crippen LogP contribution in [0.1, 0.15) is 23.6 Å². The Kier molecular flexibility index (Phi) is 6.32. The third-order valence-corrected chi connectivity index (χ3v) is 3.76. The smallest absolute Gasteiger partial charge is 0.407 e. The van der Waals surface area contributed by atoms with Gasteiger partial charge in [0.25, 0.3) is 0 Å². The van der Waals surface area contributed by atoms with Gasteiger partial charge in [0.05, 0.1) is 19.8 Å². The van der Waals surface area contributed by atoms with Crippen LogP contribution in [0.25, 0.3) is 0 Å². The van der Waals surface area contributed by atoms with Crippen LogP contribution in [0.3, 0.4) is 0 Å². The second kappa shape index (κ2) is 8.45. The molecule has 2 aromatic rings. The van der Waals surface area contributed by atoms with E-state index in [1.165, 1.54) is 0 Å². The molecule has 1 saturated heterocycles. The van der Waals surface area contributed by atoms with Gasteiger partial charge >= 0.3 is 6.09 Å². The van der Waals surface area contributed by atoms with Gasteiger partial charge in [-0.1, -0.05) is 36.4 Å². The molecule has 0 radical (unpaired) electrons. The van der Waals surface area contributed by atoms with Crippen LogP contribution in [0.2, 0.25) is 0 Å². The molecule has 0 aliphatic carbocycles. The number of benzene rings is 2. The Morgan fingerprint density at radius 1 is 1.17 bits per heavy atom. The lowest BCUT2D eigenvalue weighted by Gasteiger charge is -2.24. The summed E-state index contributed by atoms with van der Waals surface area (Å²) >= 11 is 0. The van der Waals surface area contributed by atoms with Gasteiger partial charge in [-0.15, -0.1) is 12.4 Å². The molecule has 6 heteroatoms. The lowest BCUT2D eigenvalue weighted by molar-refractivity contribution is 0.115. The van der Waals surface area contributed by atoms with E-state index in [2.05, 4.69) is 5.32 Å². The fourth-order valence-electron chi connectivity index (χ4n) is 2.53. The van der Waals surface area contributed by atoms with Gasteiger partial charge in [0.2, 0.25) is 0 Å². The van der Waals surface area contributed by atoms with Gasteiger partial charge < -0.3 is 19.5 Å². The fourth-order valence-corrected chi connectivity index (χ4v) is 2.53. The standard InChI is InChI=1S/C18H19NO4.ClH/c1-21-17-11-14(15-9-10-22-18(20)19-15)7-8-16(17)23-12-13-5-3-2-4-6-13;/h2-8,11,15H,9-10,12H2,1H3,(H,19,20);1H/t15-;/m0./s1. The van der Waals surface area contributed by atoms with E-state index >= 15 is 0 Å². The van der Waals surface area contributed by atoms with Crippen LogP contribution in [0.15, 0.2) is 48.5 Å². The number of alkyl carbamates (subject to hydrolysis) is 1. The Morgan fingerprint density at radius 2 is 1.96 bits per heavy atom. The molecule has 2 aromatic carbocycles. The number of halogens is 1. The summed E-state index contributed by atoms with van der Waals surface area (Å²) in [6.45, 7) is 0.898. The topological polar surface area (TPSA) is 56.8 Å². The summed E-state index contributed by atoms with van der Waals surface area (Å²) in [5, 5.41) is 2.80. The highest BCUT2D eigenvalue weighted by Gasteiger charge is 2.21. The minimum absolute atomic E-state index is 0. The second-order valence-electron chi connectivity index (χ2n) is 5.31. The molecular formula is C18H20ClNO4. The highest BCUT2D eigenvalue weighted by Crippen LogP contribution is 2.32. The maximum absolute atomic E-state index is 11.3. The minimum Gasteiger partial charge on any atom is -0.493 e. The molecule has 128 valence electrons. The molecule has 0 spiro atoms. The number of methoxy groups -OCH3 is 1. The maximum Gasteiger partial charge on any atom is 0.407 e. The average molecular weight is 350 g/mol. The van der Waals surface area contributed by atoms with E-state index in [1.807, 2.05) is 48.5 Å². The van der Waals surface area contributed by atoms with Gasteiger partial charge in [-0.2, -0.15) is 0 Å². The first kappa shape index (κ1) is 17.9. The predicted octanol–water partition coefficient (Wildman–Crippen LogP) is 3.87. The summed E-state index contributed by atoms with van der Waals surface area (Å²) in [6.07, 6.45) is 0.351. The predicted molar refractivity (Wildman–Crippen MR) is 92.9 cm³/mol. The Bertz CT molecular complexity index is 678. The summed E-state index contributed by atoms with van der Waals surface area (Å²) in [6, 6.07) is 15.6. The van der Waals surface area contributed by atoms with E-state index in [0.717, 1.165) is 17.5 Å². The van der Waals surface area contributed by atoms with Crippen LogP contribution in [0.4, 0.5) is 4.79 Å². The van der Waals surface area contributed by atoms with E-state index in [0.29, 0.717) is 24.7 Å². The van der Waals surface area contributed by atoms with Crippen LogP contribution >= 0.6 is 12.4 Å². The van der Waals surface area contributed by atoms with E-state index in [1.54, 1.807) is 7.11 Å². The molecule has 1 fully saturated rings. The van der Waals surface area contributed by atoms with Crippen molar-refractivity contribution in [1.29, 1.82) is 0 Å². The number of cyclic esters (lactones) is 1. The summed E-state index contributed by atoms with van der Waals surface area (Å²) in [4.78, 5) is 11.3. The van der Waals surface area contributed by atoms with Crippen molar-refractivity contribution in [2.45, 2.75) is 19.1 Å². The van der Waals surface area contributed by atoms with Gasteiger partial charge in [-0.25, -0.2) is 4.79 Å². The number of carbonyl (C=O) groups excluding carboxylic acids is 1. The summed E-state index contributed by atoms with van der Waals surface area (Å²) in [5.74, 6) is 1.33. The largest absolute Gasteiger partial charge is 0.493 e. The normalized spacial score (nSPS) is 16.4. The van der Waals surface area contributed by atoms with Crippen LogP contribution < -0.4 is 14.8 Å². The van der Waals surface area contributed by atoms with Gasteiger partial charge in [-0.3, -0.25) is 0 Å². The molecule has 24 heavy (non-hydrogen) atoms. The van der Waals surface area contributed by atoms with Crippen molar-refractivity contribution in [3.63, 3.8) is 0 Å². The van der Waals surface area contributed by atoms with Crippen molar-refractivity contribution in [1.82, 2.24) is 5.32 Å². The second-order valence-corrected chi connectivity index (χ2v) is 5.31. The Morgan fingerprint density at radius 3 is 2.67 bits per heavy atom. The SMILES string of the molecule is COc1cc([C@@H]2CCOC(=O)N2)ccc1OCc1ccccc1.Cl. The van der Waals surface area contributed by atoms with Crippen LogP contribution in [-0.4, -0.2) is 19.8 Å². The van der Waals surface area contributed by atoms with Crippen LogP contribution in [0.5, 0.6) is 11.5 Å². The lowest BCUT2D eigenvalue weighted by Crippen LogP contribution is -2.35. The molecule has 1 N–H and O–H groups in total. The van der Waals surface area contributed by atoms with Gasteiger partial charge in [0, 0.05) is 6.42 Å². The van der Waals surface area contributed by atoms with E-state index in [4.69, 9.17) is 14.2 Å². The molecule has 1 amide bonds. The first-order chi connectivity index (χ1) is 11.3. The van der Waals surface area contributed by atoms with E-state index in [9.17, 15) is 4.79 Å². The quantitative estimate of drug-likeness (QED) is 0.890. The zero-order valence-corrected chi connectivity index (χ0v) is 14.2. The van der Waals surface area contributed by atoms with E-state index in [-0.39, 0.29) is 24.5 Å². The summed E-state index contributed by atoms with van der Waals surface area (Å²) in [5.41, 5.74) is 2.07. The molecule has 1 heterocycles. The first-order valence-corrected chi connectivity index (χ1v) is 7.54. The minimum atomic E-state index is -0.385. The molecule has 1 aliphatic rings. The molecule has 1 aliphatic heterocycles. The van der Waals surface area contributed by atoms with Crippen molar-refractivity contribution in [3.05, 3.63) is 59.7 Å². The molecule has 5 nitrogen and oxygen atoms in total. The van der Waals surface area contributed by atoms with Gasteiger partial charge in [0.1, 0.15) is 6.61 Å². The number of nitrogens with one attached hydrogen (secondary N) is 1. The fraction of sp³-hybridized carbons (Fsp3) is 0.278. The first-order valence-electron chi connectivity index (χ1n) is 7.54. The third-order valence-electron chi connectivity index (χ3n) is 3.76. The highest BCUT2D eigenvalue weighted by molar-refractivity contribution is 5.85. The maximum atomic E-state index is 11.3. The zero-order chi connectivity index (χ0) is 16.1. The summed E-state index contributed by atoms with van der Waals surface area (Å²) < 4.78 is 16.2. The molecule has 0 saturated carbocycles. The Labute approximate surface area is 147 Å². The molecule has 0 bridgehead atoms. The lowest BCUT2D eigenvalue weighted by atomic mass is 10.0. The molecule has 0 aromatic heterocycles. The average Bonchev–Trinajstić information content (AvgIpc) is 2.60. The number of hydrogen-bond donors (Lipinski definition) is 1. The zero-order valence-electron chi connectivity index (χ0n) is 13.4. The number of ether oxygens (including phenoxy) is 3. The van der Waals surface area contributed by atoms with Crippen molar-refractivity contribution < 1.29 is 19.0 Å². The van der Waals surface area contributed by atoms with Crippen molar-refractivity contribution in [3.8, 4) is 11.5 Å². The molecule has 3 rings (SSSR count). The number of amides is 1. The monoisotopic (exact) mass is 349 g/mol. The van der Waals surface area contributed by atoms with Crippen molar-refractivity contribution in [2.75, 3.05) is 13.7 Å². The Balaban J connectivity index is 0.00000208. The molecular weight excluding hydrogens is 330 g/mol. The van der Waals surface area contributed by atoms with E-state index < -0.39 is 0 Å². The van der Waals surface area contributed by atoms with Crippen LogP contribution in [-0.2, 0) is 11.3 Å². The van der Waals surface area contributed by atoms with Crippen molar-refractivity contribution >= 4 is 18.5 Å². The molecule has 0 unspecified atom stereocenters. The number of carbonyl (C=O) groups is 1. The highest BCUT2D eigenvalue weighted by atomic mass is 35.5. The summed E-state index contributed by atoms with van der Waals surface area (Å²) in [7, 11) is 1.61. The van der Waals surface area contributed by atoms with Gasteiger partial charge in [0.15, 0.2) is 11.5 Å². The van der Waals surface area contributed by atoms with Gasteiger partial charge in [-0.05, 0) is 23.3 Å². The number of hydrogen-bond acceptors (Lipinski definition) is 4. The third kappa shape index (κ3) is 4.32. The van der Waals surface area contributed by atoms with Crippen molar-refractivity contribution in [2.24, 2.45) is 0 Å². The molecule has 1 atom stereocenters.